The molecule has 1 unspecified atom stereocenters. The van der Waals surface area contributed by atoms with Crippen LogP contribution in [0, 0.1) is 5.82 Å². The van der Waals surface area contributed by atoms with Crippen LogP contribution >= 0.6 is 23.4 Å². The molecule has 0 aliphatic carbocycles. The summed E-state index contributed by atoms with van der Waals surface area (Å²) in [5.41, 5.74) is 1.80. The zero-order valence-corrected chi connectivity index (χ0v) is 12.6. The van der Waals surface area contributed by atoms with Crippen LogP contribution in [0.3, 0.4) is 0 Å². The van der Waals surface area contributed by atoms with Gasteiger partial charge in [-0.1, -0.05) is 23.7 Å². The number of aromatic nitrogens is 1. The first kappa shape index (κ1) is 14.4. The highest BCUT2D eigenvalue weighted by atomic mass is 35.5. The van der Waals surface area contributed by atoms with Crippen molar-refractivity contribution >= 4 is 29.3 Å². The molecule has 108 valence electrons. The molecule has 3 nitrogen and oxygen atoms in total. The van der Waals surface area contributed by atoms with Gasteiger partial charge >= 0.3 is 0 Å². The number of hydrogen-bond donors (Lipinski definition) is 0. The minimum atomic E-state index is -0.450. The molecule has 0 N–H and O–H groups in total. The standard InChI is InChI=1S/C15H12ClFN2OS/c16-12-6-11(3-4-13(12)17)15-19(14(20)9-21-15)8-10-2-1-5-18-7-10/h1-7,15H,8-9H2. The van der Waals surface area contributed by atoms with Gasteiger partial charge in [0.2, 0.25) is 5.91 Å². The van der Waals surface area contributed by atoms with Gasteiger partial charge in [-0.25, -0.2) is 4.39 Å². The molecule has 1 fully saturated rings. The van der Waals surface area contributed by atoms with Crippen molar-refractivity contribution in [1.82, 2.24) is 9.88 Å². The van der Waals surface area contributed by atoms with Gasteiger partial charge in [0.05, 0.1) is 10.8 Å². The van der Waals surface area contributed by atoms with Crippen molar-refractivity contribution in [2.45, 2.75) is 11.9 Å². The van der Waals surface area contributed by atoms with Gasteiger partial charge < -0.3 is 4.90 Å². The number of halogens is 2. The first-order chi connectivity index (χ1) is 10.1. The van der Waals surface area contributed by atoms with E-state index in [0.717, 1.165) is 11.1 Å². The highest BCUT2D eigenvalue weighted by molar-refractivity contribution is 8.00. The first-order valence-electron chi connectivity index (χ1n) is 6.40. The van der Waals surface area contributed by atoms with Crippen LogP contribution in [0.2, 0.25) is 5.02 Å². The predicted octanol–water partition coefficient (Wildman–Crippen LogP) is 3.65. The third-order valence-corrected chi connectivity index (χ3v) is 4.82. The molecule has 0 spiro atoms. The molecule has 1 aliphatic heterocycles. The zero-order valence-electron chi connectivity index (χ0n) is 11.0. The Morgan fingerprint density at radius 3 is 3.00 bits per heavy atom. The van der Waals surface area contributed by atoms with Crippen LogP contribution < -0.4 is 0 Å². The van der Waals surface area contributed by atoms with E-state index in [2.05, 4.69) is 4.98 Å². The Bertz CT molecular complexity index is 668. The number of pyridine rings is 1. The lowest BCUT2D eigenvalue weighted by atomic mass is 10.2. The molecule has 1 amide bonds. The summed E-state index contributed by atoms with van der Waals surface area (Å²) in [4.78, 5) is 17.9. The van der Waals surface area contributed by atoms with Crippen LogP contribution in [0.4, 0.5) is 4.39 Å². The number of hydrogen-bond acceptors (Lipinski definition) is 3. The monoisotopic (exact) mass is 322 g/mol. The molecule has 2 heterocycles. The summed E-state index contributed by atoms with van der Waals surface area (Å²) < 4.78 is 13.3. The lowest BCUT2D eigenvalue weighted by Gasteiger charge is -2.24. The number of nitrogens with zero attached hydrogens (tertiary/aromatic N) is 2. The SMILES string of the molecule is O=C1CSC(c2ccc(F)c(Cl)c2)N1Cc1cccnc1. The fourth-order valence-electron chi connectivity index (χ4n) is 2.26. The molecule has 3 rings (SSSR count). The largest absolute Gasteiger partial charge is 0.321 e. The van der Waals surface area contributed by atoms with E-state index < -0.39 is 5.82 Å². The molecule has 21 heavy (non-hydrogen) atoms. The Morgan fingerprint density at radius 1 is 1.43 bits per heavy atom. The van der Waals surface area contributed by atoms with Crippen molar-refractivity contribution in [1.29, 1.82) is 0 Å². The van der Waals surface area contributed by atoms with Crippen LogP contribution in [0.25, 0.3) is 0 Å². The molecule has 1 atom stereocenters. The van der Waals surface area contributed by atoms with Gasteiger partial charge in [-0.3, -0.25) is 9.78 Å². The Labute approximate surface area is 131 Å². The molecule has 0 radical (unpaired) electrons. The van der Waals surface area contributed by atoms with E-state index >= 15 is 0 Å². The van der Waals surface area contributed by atoms with Gasteiger partial charge in [0, 0.05) is 18.9 Å². The molecule has 6 heteroatoms. The van der Waals surface area contributed by atoms with Gasteiger partial charge in [-0.15, -0.1) is 11.8 Å². The Hall–Kier alpha value is -1.59. The second-order valence-electron chi connectivity index (χ2n) is 4.72. The third-order valence-electron chi connectivity index (χ3n) is 3.27. The highest BCUT2D eigenvalue weighted by Crippen LogP contribution is 2.40. The molecular weight excluding hydrogens is 311 g/mol. The summed E-state index contributed by atoms with van der Waals surface area (Å²) in [6, 6.07) is 8.37. The van der Waals surface area contributed by atoms with Crippen molar-refractivity contribution < 1.29 is 9.18 Å². The number of amides is 1. The zero-order chi connectivity index (χ0) is 14.8. The molecule has 1 aliphatic rings. The number of carbonyl (C=O) groups is 1. The van der Waals surface area contributed by atoms with Crippen LogP contribution in [0.5, 0.6) is 0 Å². The van der Waals surface area contributed by atoms with E-state index in [9.17, 15) is 9.18 Å². The summed E-state index contributed by atoms with van der Waals surface area (Å²) in [5.74, 6) is 0.0303. The molecule has 1 aromatic heterocycles. The van der Waals surface area contributed by atoms with Crippen LogP contribution in [0.15, 0.2) is 42.7 Å². The number of thioether (sulfide) groups is 1. The lowest BCUT2D eigenvalue weighted by Crippen LogP contribution is -2.27. The van der Waals surface area contributed by atoms with Gasteiger partial charge in [-0.05, 0) is 29.3 Å². The van der Waals surface area contributed by atoms with E-state index in [1.165, 1.54) is 17.8 Å². The second-order valence-corrected chi connectivity index (χ2v) is 6.20. The summed E-state index contributed by atoms with van der Waals surface area (Å²) in [5, 5.41) is -0.0652. The van der Waals surface area contributed by atoms with Crippen molar-refractivity contribution in [3.8, 4) is 0 Å². The van der Waals surface area contributed by atoms with E-state index in [1.807, 2.05) is 12.1 Å². The third kappa shape index (κ3) is 3.04. The van der Waals surface area contributed by atoms with Crippen molar-refractivity contribution in [3.05, 3.63) is 64.7 Å². The number of rotatable bonds is 3. The lowest BCUT2D eigenvalue weighted by molar-refractivity contribution is -0.128. The highest BCUT2D eigenvalue weighted by Gasteiger charge is 2.33. The van der Waals surface area contributed by atoms with E-state index in [0.29, 0.717) is 12.3 Å². The molecule has 0 saturated carbocycles. The average Bonchev–Trinajstić information content (AvgIpc) is 2.85. The van der Waals surface area contributed by atoms with Crippen molar-refractivity contribution in [3.63, 3.8) is 0 Å². The normalized spacial score (nSPS) is 18.3. The molecule has 1 aromatic carbocycles. The summed E-state index contributed by atoms with van der Waals surface area (Å²) in [6.07, 6.45) is 3.44. The maximum Gasteiger partial charge on any atom is 0.234 e. The van der Waals surface area contributed by atoms with Crippen molar-refractivity contribution in [2.75, 3.05) is 5.75 Å². The Morgan fingerprint density at radius 2 is 2.29 bits per heavy atom. The van der Waals surface area contributed by atoms with E-state index in [4.69, 9.17) is 11.6 Å². The van der Waals surface area contributed by atoms with Gasteiger partial charge in [0.1, 0.15) is 11.2 Å². The molecule has 1 saturated heterocycles. The minimum absolute atomic E-state index is 0.0642. The molecular formula is C15H12ClFN2OS. The maximum absolute atomic E-state index is 13.3. The average molecular weight is 323 g/mol. The molecule has 0 bridgehead atoms. The Balaban J connectivity index is 1.86. The summed E-state index contributed by atoms with van der Waals surface area (Å²) in [7, 11) is 0. The summed E-state index contributed by atoms with van der Waals surface area (Å²) in [6.45, 7) is 0.485. The predicted molar refractivity (Wildman–Crippen MR) is 81.4 cm³/mol. The maximum atomic E-state index is 13.3. The van der Waals surface area contributed by atoms with Crippen LogP contribution in [-0.2, 0) is 11.3 Å². The quantitative estimate of drug-likeness (QED) is 0.865. The molecule has 2 aromatic rings. The fraction of sp³-hybridized carbons (Fsp3) is 0.200. The van der Waals surface area contributed by atoms with Gasteiger partial charge in [0.25, 0.3) is 0 Å². The fourth-order valence-corrected chi connectivity index (χ4v) is 3.62. The second kappa shape index (κ2) is 6.03. The minimum Gasteiger partial charge on any atom is -0.321 e. The van der Waals surface area contributed by atoms with Crippen LogP contribution in [0.1, 0.15) is 16.5 Å². The smallest absolute Gasteiger partial charge is 0.234 e. The van der Waals surface area contributed by atoms with Crippen LogP contribution in [-0.4, -0.2) is 21.5 Å². The van der Waals surface area contributed by atoms with E-state index in [-0.39, 0.29) is 16.3 Å². The van der Waals surface area contributed by atoms with Crippen molar-refractivity contribution in [2.24, 2.45) is 0 Å². The first-order valence-corrected chi connectivity index (χ1v) is 7.83. The van der Waals surface area contributed by atoms with E-state index in [1.54, 1.807) is 29.4 Å². The topological polar surface area (TPSA) is 33.2 Å². The van der Waals surface area contributed by atoms with Gasteiger partial charge in [-0.2, -0.15) is 0 Å². The number of carbonyl (C=O) groups excluding carboxylic acids is 1. The number of benzene rings is 1. The van der Waals surface area contributed by atoms with Gasteiger partial charge in [0.15, 0.2) is 0 Å². The summed E-state index contributed by atoms with van der Waals surface area (Å²) >= 11 is 7.36. The Kier molecular flexibility index (Phi) is 4.12.